The lowest BCUT2D eigenvalue weighted by molar-refractivity contribution is -0.115. The SMILES string of the molecule is CCC(=O)Nc1c(C)c2c(c(Cc3ccc(C(C)C)cc3)c1C)OCC2. The molecule has 1 N–H and O–H groups in total. The number of rotatable bonds is 5. The van der Waals surface area contributed by atoms with E-state index < -0.39 is 0 Å². The molecule has 0 bridgehead atoms. The van der Waals surface area contributed by atoms with Gasteiger partial charge in [-0.2, -0.15) is 0 Å². The molecule has 1 aliphatic rings. The first-order valence-electron chi connectivity index (χ1n) is 9.58. The normalized spacial score (nSPS) is 12.8. The number of hydrogen-bond acceptors (Lipinski definition) is 2. The number of hydrogen-bond donors (Lipinski definition) is 1. The molecule has 3 nitrogen and oxygen atoms in total. The highest BCUT2D eigenvalue weighted by Crippen LogP contribution is 2.41. The summed E-state index contributed by atoms with van der Waals surface area (Å²) in [5.41, 5.74) is 8.31. The number of amides is 1. The van der Waals surface area contributed by atoms with Gasteiger partial charge in [0.25, 0.3) is 0 Å². The Hall–Kier alpha value is -2.29. The summed E-state index contributed by atoms with van der Waals surface area (Å²) in [7, 11) is 0. The fraction of sp³-hybridized carbons (Fsp3) is 0.435. The first-order valence-corrected chi connectivity index (χ1v) is 9.58. The molecule has 138 valence electrons. The summed E-state index contributed by atoms with van der Waals surface area (Å²) in [5.74, 6) is 1.62. The van der Waals surface area contributed by atoms with E-state index in [9.17, 15) is 4.79 Å². The van der Waals surface area contributed by atoms with Gasteiger partial charge < -0.3 is 10.1 Å². The predicted molar refractivity (Wildman–Crippen MR) is 107 cm³/mol. The van der Waals surface area contributed by atoms with Gasteiger partial charge in [0.05, 0.1) is 6.61 Å². The second kappa shape index (κ2) is 7.53. The van der Waals surface area contributed by atoms with Gasteiger partial charge >= 0.3 is 0 Å². The van der Waals surface area contributed by atoms with E-state index in [1.165, 1.54) is 22.3 Å². The summed E-state index contributed by atoms with van der Waals surface area (Å²) in [6, 6.07) is 8.84. The van der Waals surface area contributed by atoms with Crippen molar-refractivity contribution in [2.24, 2.45) is 0 Å². The van der Waals surface area contributed by atoms with Crippen molar-refractivity contribution in [2.45, 2.75) is 59.8 Å². The van der Waals surface area contributed by atoms with Gasteiger partial charge in [-0.1, -0.05) is 45.0 Å². The van der Waals surface area contributed by atoms with Crippen LogP contribution in [0, 0.1) is 13.8 Å². The highest BCUT2D eigenvalue weighted by atomic mass is 16.5. The maximum absolute atomic E-state index is 12.0. The zero-order valence-electron chi connectivity index (χ0n) is 16.5. The third-order valence-corrected chi connectivity index (χ3v) is 5.41. The van der Waals surface area contributed by atoms with Crippen LogP contribution in [0.5, 0.6) is 5.75 Å². The molecule has 0 saturated carbocycles. The molecule has 1 heterocycles. The molecule has 3 heteroatoms. The van der Waals surface area contributed by atoms with E-state index in [4.69, 9.17) is 4.74 Å². The van der Waals surface area contributed by atoms with Gasteiger partial charge in [0.15, 0.2) is 0 Å². The largest absolute Gasteiger partial charge is 0.493 e. The minimum absolute atomic E-state index is 0.0577. The first-order chi connectivity index (χ1) is 12.4. The molecule has 2 aromatic carbocycles. The van der Waals surface area contributed by atoms with E-state index in [0.29, 0.717) is 12.3 Å². The first kappa shape index (κ1) is 18.5. The number of nitrogens with one attached hydrogen (secondary N) is 1. The summed E-state index contributed by atoms with van der Waals surface area (Å²) in [6.45, 7) is 11.2. The van der Waals surface area contributed by atoms with Crippen LogP contribution in [-0.2, 0) is 17.6 Å². The van der Waals surface area contributed by atoms with Crippen LogP contribution in [-0.4, -0.2) is 12.5 Å². The molecule has 0 spiro atoms. The number of carbonyl (C=O) groups is 1. The molecule has 0 aromatic heterocycles. The minimum Gasteiger partial charge on any atom is -0.493 e. The molecule has 0 unspecified atom stereocenters. The topological polar surface area (TPSA) is 38.3 Å². The van der Waals surface area contributed by atoms with Crippen molar-refractivity contribution in [3.8, 4) is 5.75 Å². The van der Waals surface area contributed by atoms with Crippen molar-refractivity contribution in [2.75, 3.05) is 11.9 Å². The van der Waals surface area contributed by atoms with Crippen LogP contribution >= 0.6 is 0 Å². The molecular weight excluding hydrogens is 322 g/mol. The van der Waals surface area contributed by atoms with Crippen molar-refractivity contribution in [3.63, 3.8) is 0 Å². The van der Waals surface area contributed by atoms with Crippen molar-refractivity contribution in [1.29, 1.82) is 0 Å². The third-order valence-electron chi connectivity index (χ3n) is 5.41. The van der Waals surface area contributed by atoms with Crippen molar-refractivity contribution >= 4 is 11.6 Å². The van der Waals surface area contributed by atoms with E-state index in [-0.39, 0.29) is 5.91 Å². The minimum atomic E-state index is 0.0577. The summed E-state index contributed by atoms with van der Waals surface area (Å²) < 4.78 is 6.00. The summed E-state index contributed by atoms with van der Waals surface area (Å²) in [5, 5.41) is 3.11. The molecule has 0 aliphatic carbocycles. The average molecular weight is 351 g/mol. The Kier molecular flexibility index (Phi) is 5.36. The van der Waals surface area contributed by atoms with Crippen LogP contribution in [0.2, 0.25) is 0 Å². The van der Waals surface area contributed by atoms with Crippen molar-refractivity contribution in [3.05, 3.63) is 57.6 Å². The molecule has 26 heavy (non-hydrogen) atoms. The maximum Gasteiger partial charge on any atom is 0.224 e. The van der Waals surface area contributed by atoms with Crippen LogP contribution in [0.4, 0.5) is 5.69 Å². The monoisotopic (exact) mass is 351 g/mol. The Balaban J connectivity index is 2.01. The molecule has 0 saturated heterocycles. The molecule has 0 atom stereocenters. The highest BCUT2D eigenvalue weighted by molar-refractivity contribution is 5.93. The standard InChI is InChI=1S/C23H29NO2/c1-6-21(25)24-22-15(4)19-11-12-26-23(19)20(16(22)5)13-17-7-9-18(10-8-17)14(2)3/h7-10,14H,6,11-13H2,1-5H3,(H,24,25). The van der Waals surface area contributed by atoms with Crippen LogP contribution in [0.1, 0.15) is 66.5 Å². The van der Waals surface area contributed by atoms with Gasteiger partial charge in [0.1, 0.15) is 5.75 Å². The van der Waals surface area contributed by atoms with Crippen molar-refractivity contribution < 1.29 is 9.53 Å². The lowest BCUT2D eigenvalue weighted by atomic mass is 9.90. The van der Waals surface area contributed by atoms with Gasteiger partial charge in [-0.05, 0) is 42.0 Å². The van der Waals surface area contributed by atoms with E-state index in [1.807, 2.05) is 6.92 Å². The predicted octanol–water partition coefficient (Wildman–Crippen LogP) is 5.30. The lowest BCUT2D eigenvalue weighted by Crippen LogP contribution is -2.14. The smallest absolute Gasteiger partial charge is 0.224 e. The summed E-state index contributed by atoms with van der Waals surface area (Å²) in [6.07, 6.45) is 2.22. The average Bonchev–Trinajstić information content (AvgIpc) is 3.12. The molecule has 3 rings (SSSR count). The van der Waals surface area contributed by atoms with E-state index in [2.05, 4.69) is 57.3 Å². The van der Waals surface area contributed by atoms with E-state index in [0.717, 1.165) is 42.0 Å². The zero-order valence-corrected chi connectivity index (χ0v) is 16.5. The molecule has 2 aromatic rings. The third kappa shape index (κ3) is 3.48. The van der Waals surface area contributed by atoms with Gasteiger partial charge in [-0.25, -0.2) is 0 Å². The highest BCUT2D eigenvalue weighted by Gasteiger charge is 2.25. The Bertz CT molecular complexity index is 819. The van der Waals surface area contributed by atoms with Gasteiger partial charge in [-0.15, -0.1) is 0 Å². The molecular formula is C23H29NO2. The number of benzene rings is 2. The zero-order chi connectivity index (χ0) is 18.8. The number of carbonyl (C=O) groups excluding carboxylic acids is 1. The second-order valence-electron chi connectivity index (χ2n) is 7.48. The Morgan fingerprint density at radius 2 is 1.85 bits per heavy atom. The summed E-state index contributed by atoms with van der Waals surface area (Å²) >= 11 is 0. The fourth-order valence-electron chi connectivity index (χ4n) is 3.69. The van der Waals surface area contributed by atoms with Crippen LogP contribution < -0.4 is 10.1 Å². The van der Waals surface area contributed by atoms with Gasteiger partial charge in [0, 0.05) is 36.1 Å². The van der Waals surface area contributed by atoms with Gasteiger partial charge in [-0.3, -0.25) is 4.79 Å². The molecule has 0 fully saturated rings. The summed E-state index contributed by atoms with van der Waals surface area (Å²) in [4.78, 5) is 12.0. The van der Waals surface area contributed by atoms with Gasteiger partial charge in [0.2, 0.25) is 5.91 Å². The maximum atomic E-state index is 12.0. The Morgan fingerprint density at radius 1 is 1.15 bits per heavy atom. The molecule has 0 radical (unpaired) electrons. The van der Waals surface area contributed by atoms with E-state index in [1.54, 1.807) is 0 Å². The van der Waals surface area contributed by atoms with Crippen LogP contribution in [0.15, 0.2) is 24.3 Å². The second-order valence-corrected chi connectivity index (χ2v) is 7.48. The fourth-order valence-corrected chi connectivity index (χ4v) is 3.69. The number of ether oxygens (including phenoxy) is 1. The van der Waals surface area contributed by atoms with Crippen LogP contribution in [0.25, 0.3) is 0 Å². The number of fused-ring (bicyclic) bond motifs is 1. The molecule has 1 aliphatic heterocycles. The van der Waals surface area contributed by atoms with Crippen molar-refractivity contribution in [1.82, 2.24) is 0 Å². The molecule has 1 amide bonds. The van der Waals surface area contributed by atoms with Crippen LogP contribution in [0.3, 0.4) is 0 Å². The van der Waals surface area contributed by atoms with E-state index >= 15 is 0 Å². The number of anilines is 1. The lowest BCUT2D eigenvalue weighted by Gasteiger charge is -2.20. The quantitative estimate of drug-likeness (QED) is 0.794. The Labute approximate surface area is 156 Å². The Morgan fingerprint density at radius 3 is 2.46 bits per heavy atom.